The maximum absolute atomic E-state index is 13.2. The molecule has 2 aromatic carbocycles. The predicted octanol–water partition coefficient (Wildman–Crippen LogP) is 3.94. The molecule has 0 radical (unpaired) electrons. The molecule has 1 aliphatic rings. The molecular formula is C24H25BrN4O3. The van der Waals surface area contributed by atoms with Crippen molar-refractivity contribution < 1.29 is 14.3 Å². The first-order valence-corrected chi connectivity index (χ1v) is 11.3. The van der Waals surface area contributed by atoms with E-state index in [1.54, 1.807) is 17.9 Å². The van der Waals surface area contributed by atoms with Crippen LogP contribution in [0.2, 0.25) is 0 Å². The van der Waals surface area contributed by atoms with E-state index in [0.717, 1.165) is 27.6 Å². The van der Waals surface area contributed by atoms with E-state index in [2.05, 4.69) is 32.4 Å². The van der Waals surface area contributed by atoms with Crippen molar-refractivity contribution in [1.82, 2.24) is 20.0 Å². The molecule has 0 saturated carbocycles. The summed E-state index contributed by atoms with van der Waals surface area (Å²) in [5, 5.41) is 7.28. The van der Waals surface area contributed by atoms with Gasteiger partial charge in [-0.3, -0.25) is 14.3 Å². The number of carbonyl (C=O) groups is 2. The number of fused-ring (bicyclic) bond motifs is 1. The molecule has 3 aromatic rings. The zero-order valence-electron chi connectivity index (χ0n) is 18.1. The maximum Gasteiger partial charge on any atom is 0.272 e. The summed E-state index contributed by atoms with van der Waals surface area (Å²) in [6.45, 7) is 4.11. The topological polar surface area (TPSA) is 76.5 Å². The first-order valence-electron chi connectivity index (χ1n) is 10.5. The number of rotatable bonds is 6. The Bertz CT molecular complexity index is 1160. The van der Waals surface area contributed by atoms with Crippen LogP contribution in [0.25, 0.3) is 0 Å². The van der Waals surface area contributed by atoms with E-state index in [9.17, 15) is 9.59 Å². The molecule has 0 saturated heterocycles. The smallest absolute Gasteiger partial charge is 0.272 e. The van der Waals surface area contributed by atoms with Crippen LogP contribution in [0.15, 0.2) is 53.0 Å². The van der Waals surface area contributed by atoms with Crippen molar-refractivity contribution in [2.45, 2.75) is 33.0 Å². The minimum atomic E-state index is -0.328. The highest BCUT2D eigenvalue weighted by Crippen LogP contribution is 2.23. The van der Waals surface area contributed by atoms with Crippen molar-refractivity contribution in [3.8, 4) is 5.75 Å². The number of methoxy groups -OCH3 is 1. The number of nitrogens with one attached hydrogen (secondary N) is 1. The molecule has 1 N–H and O–H groups in total. The lowest BCUT2D eigenvalue weighted by atomic mass is 10.1. The Morgan fingerprint density at radius 3 is 2.81 bits per heavy atom. The van der Waals surface area contributed by atoms with Crippen LogP contribution >= 0.6 is 15.9 Å². The number of ether oxygens (including phenoxy) is 1. The molecule has 0 fully saturated rings. The van der Waals surface area contributed by atoms with Crippen molar-refractivity contribution in [1.29, 1.82) is 0 Å². The Kier molecular flexibility index (Phi) is 6.60. The lowest BCUT2D eigenvalue weighted by Gasteiger charge is -2.20. The molecule has 7 nitrogen and oxygen atoms in total. The van der Waals surface area contributed by atoms with Gasteiger partial charge in [-0.15, -0.1) is 0 Å². The zero-order valence-corrected chi connectivity index (χ0v) is 19.7. The van der Waals surface area contributed by atoms with Crippen LogP contribution in [0.1, 0.15) is 44.1 Å². The van der Waals surface area contributed by atoms with Crippen molar-refractivity contribution in [2.24, 2.45) is 0 Å². The number of amides is 2. The van der Waals surface area contributed by atoms with Gasteiger partial charge in [0.05, 0.1) is 7.11 Å². The van der Waals surface area contributed by atoms with E-state index < -0.39 is 0 Å². The van der Waals surface area contributed by atoms with Crippen molar-refractivity contribution in [3.05, 3.63) is 81.1 Å². The minimum Gasteiger partial charge on any atom is -0.496 e. The normalized spacial score (nSPS) is 13.5. The van der Waals surface area contributed by atoms with Gasteiger partial charge in [0.25, 0.3) is 11.8 Å². The van der Waals surface area contributed by atoms with Crippen LogP contribution in [0.5, 0.6) is 5.75 Å². The van der Waals surface area contributed by atoms with Crippen LogP contribution in [0, 0.1) is 6.92 Å². The van der Waals surface area contributed by atoms with Crippen molar-refractivity contribution >= 4 is 27.7 Å². The zero-order chi connectivity index (χ0) is 22.7. The predicted molar refractivity (Wildman–Crippen MR) is 125 cm³/mol. The highest BCUT2D eigenvalue weighted by Gasteiger charge is 2.26. The second kappa shape index (κ2) is 9.56. The lowest BCUT2D eigenvalue weighted by Crippen LogP contribution is -2.30. The molecule has 1 aliphatic heterocycles. The number of aromatic nitrogens is 2. The van der Waals surface area contributed by atoms with E-state index in [4.69, 9.17) is 4.74 Å². The summed E-state index contributed by atoms with van der Waals surface area (Å²) in [4.78, 5) is 27.8. The Morgan fingerprint density at radius 1 is 1.19 bits per heavy atom. The first kappa shape index (κ1) is 22.1. The summed E-state index contributed by atoms with van der Waals surface area (Å²) < 4.78 is 7.90. The maximum atomic E-state index is 13.2. The monoisotopic (exact) mass is 496 g/mol. The van der Waals surface area contributed by atoms with Crippen LogP contribution in [0.3, 0.4) is 0 Å². The highest BCUT2D eigenvalue weighted by atomic mass is 79.9. The Morgan fingerprint density at radius 2 is 2.03 bits per heavy atom. The molecule has 2 heterocycles. The molecule has 0 unspecified atom stereocenters. The van der Waals surface area contributed by atoms with E-state index in [1.165, 1.54) is 0 Å². The fraction of sp³-hybridized carbons (Fsp3) is 0.292. The van der Waals surface area contributed by atoms with Crippen molar-refractivity contribution in [2.75, 3.05) is 13.7 Å². The van der Waals surface area contributed by atoms with E-state index >= 15 is 0 Å². The van der Waals surface area contributed by atoms with Gasteiger partial charge in [-0.25, -0.2) is 0 Å². The fourth-order valence-electron chi connectivity index (χ4n) is 3.88. The largest absolute Gasteiger partial charge is 0.496 e. The summed E-state index contributed by atoms with van der Waals surface area (Å²) in [6, 6.07) is 15.4. The lowest BCUT2D eigenvalue weighted by molar-refractivity contribution is 0.0745. The third-order valence-electron chi connectivity index (χ3n) is 5.45. The molecule has 32 heavy (non-hydrogen) atoms. The molecule has 1 aromatic heterocycles. The van der Waals surface area contributed by atoms with Crippen molar-refractivity contribution in [3.63, 3.8) is 0 Å². The fourth-order valence-corrected chi connectivity index (χ4v) is 4.29. The molecule has 166 valence electrons. The Hall–Kier alpha value is -3.13. The molecule has 8 heteroatoms. The molecule has 4 rings (SSSR count). The second-order valence-corrected chi connectivity index (χ2v) is 8.76. The van der Waals surface area contributed by atoms with Crippen LogP contribution in [-0.2, 0) is 19.6 Å². The first-order chi connectivity index (χ1) is 15.4. The molecule has 0 bridgehead atoms. The number of carbonyl (C=O) groups excluding carboxylic acids is 2. The number of nitrogens with zero attached hydrogens (tertiary/aromatic N) is 3. The standard InChI is InChI=1S/C24H25BrN4O3/c1-16-5-3-6-17(11-16)15-28-9-4-10-29-21(24(28)31)13-20(27-29)23(30)26-14-18-12-19(25)7-8-22(18)32-2/h3,5-8,11-13H,4,9-10,14-15H2,1-2H3,(H,26,30). The number of hydrogen-bond donors (Lipinski definition) is 1. The summed E-state index contributed by atoms with van der Waals surface area (Å²) in [5.41, 5.74) is 3.78. The highest BCUT2D eigenvalue weighted by molar-refractivity contribution is 9.10. The van der Waals surface area contributed by atoms with Crippen LogP contribution in [-0.4, -0.2) is 40.1 Å². The van der Waals surface area contributed by atoms with E-state index in [-0.39, 0.29) is 24.1 Å². The molecular weight excluding hydrogens is 472 g/mol. The quantitative estimate of drug-likeness (QED) is 0.560. The molecule has 0 aliphatic carbocycles. The van der Waals surface area contributed by atoms with E-state index in [0.29, 0.717) is 31.1 Å². The average molecular weight is 497 g/mol. The number of benzene rings is 2. The SMILES string of the molecule is COc1ccc(Br)cc1CNC(=O)c1cc2n(n1)CCCN(Cc1cccc(C)c1)C2=O. The summed E-state index contributed by atoms with van der Waals surface area (Å²) >= 11 is 3.44. The van der Waals surface area contributed by atoms with Gasteiger partial charge in [0, 0.05) is 42.3 Å². The van der Waals surface area contributed by atoms with Crippen LogP contribution < -0.4 is 10.1 Å². The average Bonchev–Trinajstić information content (AvgIpc) is 3.15. The van der Waals surface area contributed by atoms with E-state index in [1.807, 2.05) is 48.2 Å². The summed E-state index contributed by atoms with van der Waals surface area (Å²) in [5.74, 6) is 0.256. The van der Waals surface area contributed by atoms with Gasteiger partial charge in [0.1, 0.15) is 11.4 Å². The van der Waals surface area contributed by atoms with Crippen LogP contribution in [0.4, 0.5) is 0 Å². The molecule has 2 amide bonds. The third-order valence-corrected chi connectivity index (χ3v) is 5.95. The summed E-state index contributed by atoms with van der Waals surface area (Å²) in [7, 11) is 1.59. The molecule has 0 spiro atoms. The number of aryl methyl sites for hydroxylation is 2. The van der Waals surface area contributed by atoms with Gasteiger partial charge in [-0.2, -0.15) is 5.10 Å². The minimum absolute atomic E-state index is 0.107. The molecule has 0 atom stereocenters. The van der Waals surface area contributed by atoms with Gasteiger partial charge in [-0.05, 0) is 37.1 Å². The van der Waals surface area contributed by atoms with Gasteiger partial charge in [-0.1, -0.05) is 45.8 Å². The van der Waals surface area contributed by atoms with Gasteiger partial charge >= 0.3 is 0 Å². The van der Waals surface area contributed by atoms with Gasteiger partial charge in [0.15, 0.2) is 5.69 Å². The number of hydrogen-bond acceptors (Lipinski definition) is 4. The third kappa shape index (κ3) is 4.85. The number of halogens is 1. The van der Waals surface area contributed by atoms with Gasteiger partial charge < -0.3 is 15.0 Å². The second-order valence-electron chi connectivity index (χ2n) is 7.85. The Labute approximate surface area is 195 Å². The Balaban J connectivity index is 1.48. The van der Waals surface area contributed by atoms with Gasteiger partial charge in [0.2, 0.25) is 0 Å². The summed E-state index contributed by atoms with van der Waals surface area (Å²) in [6.07, 6.45) is 0.780.